The van der Waals surface area contributed by atoms with Crippen molar-refractivity contribution in [2.24, 2.45) is 5.73 Å². The maximum Gasteiger partial charge on any atom is 0.332 e. The van der Waals surface area contributed by atoms with Gasteiger partial charge in [-0.05, 0) is 57.9 Å². The van der Waals surface area contributed by atoms with E-state index in [2.05, 4.69) is 10.2 Å². The Morgan fingerprint density at radius 2 is 1.87 bits per heavy atom. The molecule has 1 unspecified atom stereocenters. The van der Waals surface area contributed by atoms with Crippen molar-refractivity contribution < 1.29 is 24.1 Å². The third kappa shape index (κ3) is 6.41. The third-order valence-corrected chi connectivity index (χ3v) is 7.13. The number of thiophene rings is 1. The molecule has 0 bridgehead atoms. The molecular weight excluding hydrogens is 531 g/mol. The number of aliphatic hydroxyl groups is 2. The van der Waals surface area contributed by atoms with Crippen LogP contribution in [0, 0.1) is 12.7 Å². The minimum atomic E-state index is -1.16. The van der Waals surface area contributed by atoms with Crippen LogP contribution >= 0.6 is 11.3 Å². The lowest BCUT2D eigenvalue weighted by atomic mass is 10.1. The Morgan fingerprint density at radius 3 is 2.41 bits per heavy atom. The molecule has 39 heavy (non-hydrogen) atoms. The third-order valence-electron chi connectivity index (χ3n) is 5.85. The number of ether oxygens (including phenoxy) is 1. The summed E-state index contributed by atoms with van der Waals surface area (Å²) in [6.45, 7) is 6.15. The van der Waals surface area contributed by atoms with Crippen LogP contribution in [0.2, 0.25) is 0 Å². The Balaban J connectivity index is 0.000000631. The Hall–Kier alpha value is -3.88. The first-order valence-corrected chi connectivity index (χ1v) is 12.7. The topological polar surface area (TPSA) is 167 Å². The Morgan fingerprint density at radius 1 is 1.26 bits per heavy atom. The van der Waals surface area contributed by atoms with Crippen molar-refractivity contribution >= 4 is 27.5 Å². The Bertz CT molecular complexity index is 1590. The zero-order chi connectivity index (χ0) is 29.1. The average Bonchev–Trinajstić information content (AvgIpc) is 3.52. The van der Waals surface area contributed by atoms with Crippen molar-refractivity contribution in [3.8, 4) is 10.8 Å². The molecule has 0 spiro atoms. The summed E-state index contributed by atoms with van der Waals surface area (Å²) in [6, 6.07) is 2.97. The summed E-state index contributed by atoms with van der Waals surface area (Å²) in [5, 5.41) is 25.8. The minimum absolute atomic E-state index is 0.104. The van der Waals surface area contributed by atoms with Crippen LogP contribution in [0.25, 0.3) is 15.2 Å². The number of carbonyl (C=O) groups excluding carboxylic acids is 1. The number of aryl methyl sites for hydroxylation is 3. The van der Waals surface area contributed by atoms with Crippen LogP contribution < -0.4 is 21.7 Å². The van der Waals surface area contributed by atoms with E-state index in [1.165, 1.54) is 65.3 Å². The highest BCUT2D eigenvalue weighted by Gasteiger charge is 2.25. The molecule has 0 aliphatic heterocycles. The molecule has 1 amide bonds. The summed E-state index contributed by atoms with van der Waals surface area (Å²) in [5.41, 5.74) is 4.33. The number of methoxy groups -OCH3 is 1. The van der Waals surface area contributed by atoms with Crippen LogP contribution in [0.4, 0.5) is 4.39 Å². The van der Waals surface area contributed by atoms with Gasteiger partial charge in [-0.1, -0.05) is 11.3 Å². The van der Waals surface area contributed by atoms with Crippen LogP contribution in [0.15, 0.2) is 40.2 Å². The summed E-state index contributed by atoms with van der Waals surface area (Å²) >= 11 is 1.18. The van der Waals surface area contributed by atoms with Crippen molar-refractivity contribution in [1.82, 2.24) is 24.1 Å². The quantitative estimate of drug-likeness (QED) is 0.289. The molecule has 1 atom stereocenters. The molecule has 12 nitrogen and oxygen atoms in total. The molecule has 4 aromatic rings. The number of primary amides is 1. The minimum Gasteiger partial charge on any atom is -0.496 e. The maximum atomic E-state index is 13.8. The average molecular weight is 563 g/mol. The fraction of sp³-hybridized carbons (Fsp3) is 0.400. The number of nitrogens with two attached hydrogens (primary N) is 1. The summed E-state index contributed by atoms with van der Waals surface area (Å²) in [5.74, 6) is -0.772. The molecule has 0 aliphatic rings. The molecule has 0 fully saturated rings. The van der Waals surface area contributed by atoms with Gasteiger partial charge in [0.05, 0.1) is 37.1 Å². The lowest BCUT2D eigenvalue weighted by molar-refractivity contribution is -0.120. The number of halogens is 1. The lowest BCUT2D eigenvalue weighted by Crippen LogP contribution is -2.45. The first-order valence-electron chi connectivity index (χ1n) is 11.9. The molecule has 0 aliphatic carbocycles. The second-order valence-electron chi connectivity index (χ2n) is 9.40. The van der Waals surface area contributed by atoms with Crippen LogP contribution in [-0.2, 0) is 17.8 Å². The van der Waals surface area contributed by atoms with Gasteiger partial charge in [0, 0.05) is 12.1 Å². The predicted molar refractivity (Wildman–Crippen MR) is 144 cm³/mol. The monoisotopic (exact) mass is 562 g/mol. The van der Waals surface area contributed by atoms with E-state index in [0.717, 1.165) is 4.57 Å². The number of hydrogen-bond donors (Lipinski definition) is 3. The number of carbonyl (C=O) groups is 1. The van der Waals surface area contributed by atoms with E-state index in [0.29, 0.717) is 26.7 Å². The van der Waals surface area contributed by atoms with Gasteiger partial charge in [-0.3, -0.25) is 14.2 Å². The van der Waals surface area contributed by atoms with E-state index in [9.17, 15) is 18.8 Å². The summed E-state index contributed by atoms with van der Waals surface area (Å²) in [6.07, 6.45) is 3.24. The van der Waals surface area contributed by atoms with Crippen LogP contribution in [-0.4, -0.2) is 59.6 Å². The van der Waals surface area contributed by atoms with E-state index in [1.54, 1.807) is 20.8 Å². The van der Waals surface area contributed by atoms with Gasteiger partial charge in [-0.25, -0.2) is 13.8 Å². The van der Waals surface area contributed by atoms with E-state index < -0.39 is 34.6 Å². The van der Waals surface area contributed by atoms with Crippen molar-refractivity contribution in [3.05, 3.63) is 68.4 Å². The molecule has 4 rings (SSSR count). The fourth-order valence-corrected chi connectivity index (χ4v) is 4.94. The SMILES string of the molecule is CC(C)(O)CO.COc1ccc(F)cc1CCn1c(=O)n(C(C)C(N)=O)c(=O)c2c(C)c(-n3nccn3)sc21. The van der Waals surface area contributed by atoms with Gasteiger partial charge in [0.1, 0.15) is 27.4 Å². The number of benzene rings is 1. The maximum absolute atomic E-state index is 13.8. The van der Waals surface area contributed by atoms with Crippen LogP contribution in [0.5, 0.6) is 5.75 Å². The van der Waals surface area contributed by atoms with E-state index in [1.807, 2.05) is 0 Å². The van der Waals surface area contributed by atoms with Gasteiger partial charge in [-0.15, -0.1) is 4.80 Å². The number of aromatic nitrogens is 5. The molecule has 4 N–H and O–H groups in total. The van der Waals surface area contributed by atoms with Gasteiger partial charge in [-0.2, -0.15) is 10.2 Å². The zero-order valence-electron chi connectivity index (χ0n) is 22.2. The van der Waals surface area contributed by atoms with Crippen molar-refractivity contribution in [1.29, 1.82) is 0 Å². The van der Waals surface area contributed by atoms with E-state index in [4.69, 9.17) is 20.7 Å². The van der Waals surface area contributed by atoms with E-state index >= 15 is 0 Å². The summed E-state index contributed by atoms with van der Waals surface area (Å²) in [7, 11) is 1.47. The highest BCUT2D eigenvalue weighted by Crippen LogP contribution is 2.31. The van der Waals surface area contributed by atoms with Gasteiger partial charge < -0.3 is 20.7 Å². The number of aliphatic hydroxyl groups excluding tert-OH is 1. The summed E-state index contributed by atoms with van der Waals surface area (Å²) in [4.78, 5) is 40.3. The number of fused-ring (bicyclic) bond motifs is 1. The Labute approximate surface area is 226 Å². The highest BCUT2D eigenvalue weighted by molar-refractivity contribution is 7.21. The molecule has 1 aromatic carbocycles. The van der Waals surface area contributed by atoms with E-state index in [-0.39, 0.29) is 25.0 Å². The molecule has 3 aromatic heterocycles. The molecule has 0 radical (unpaired) electrons. The van der Waals surface area contributed by atoms with Crippen LogP contribution in [0.3, 0.4) is 0 Å². The Kier molecular flexibility index (Phi) is 9.04. The first kappa shape index (κ1) is 29.7. The number of hydrogen-bond acceptors (Lipinski definition) is 9. The van der Waals surface area contributed by atoms with Gasteiger partial charge in [0.2, 0.25) is 5.91 Å². The first-order chi connectivity index (χ1) is 18.3. The standard InChI is InChI=1S/C21H21FN6O4S.C4H10O2/c1-11-16-18(30)27(12(2)17(23)29)21(31)26(20(16)33-19(11)28-24-7-8-25-28)9-6-13-10-14(22)4-5-15(13)32-3;1-4(2,6)3-5/h4-5,7-8,10,12H,6,9H2,1-3H3,(H2,23,29);5-6H,3H2,1-2H3. The second kappa shape index (κ2) is 11.9. The molecular formula is C25H31FN6O6S. The molecule has 3 heterocycles. The van der Waals surface area contributed by atoms with Crippen molar-refractivity contribution in [3.63, 3.8) is 0 Å². The largest absolute Gasteiger partial charge is 0.496 e. The predicted octanol–water partition coefficient (Wildman–Crippen LogP) is 1.30. The molecule has 210 valence electrons. The number of amides is 1. The van der Waals surface area contributed by atoms with Gasteiger partial charge >= 0.3 is 5.69 Å². The summed E-state index contributed by atoms with van der Waals surface area (Å²) < 4.78 is 21.4. The van der Waals surface area contributed by atoms with Gasteiger partial charge in [0.25, 0.3) is 5.56 Å². The zero-order valence-corrected chi connectivity index (χ0v) is 23.0. The van der Waals surface area contributed by atoms with Gasteiger partial charge in [0.15, 0.2) is 0 Å². The number of nitrogens with zero attached hydrogens (tertiary/aromatic N) is 5. The molecule has 14 heteroatoms. The van der Waals surface area contributed by atoms with Crippen molar-refractivity contribution in [2.75, 3.05) is 13.7 Å². The lowest BCUT2D eigenvalue weighted by Gasteiger charge is -2.16. The fourth-order valence-electron chi connectivity index (χ4n) is 3.70. The highest BCUT2D eigenvalue weighted by atomic mass is 32.1. The number of rotatable bonds is 8. The second-order valence-corrected chi connectivity index (χ2v) is 10.4. The normalized spacial score (nSPS) is 12.2. The van der Waals surface area contributed by atoms with Crippen molar-refractivity contribution in [2.45, 2.75) is 52.3 Å². The molecule has 0 saturated carbocycles. The smallest absolute Gasteiger partial charge is 0.332 e. The molecule has 0 saturated heterocycles. The van der Waals surface area contributed by atoms with Crippen LogP contribution in [0.1, 0.15) is 37.9 Å².